The third kappa shape index (κ3) is 3.85. The van der Waals surface area contributed by atoms with E-state index in [1.54, 1.807) is 38.4 Å². The first-order chi connectivity index (χ1) is 12.4. The van der Waals surface area contributed by atoms with E-state index in [-0.39, 0.29) is 18.0 Å². The molecule has 26 heavy (non-hydrogen) atoms. The van der Waals surface area contributed by atoms with Crippen LogP contribution >= 0.6 is 0 Å². The van der Waals surface area contributed by atoms with Crippen LogP contribution in [-0.2, 0) is 0 Å². The first-order valence-corrected chi connectivity index (χ1v) is 8.32. The van der Waals surface area contributed by atoms with Gasteiger partial charge in [-0.05, 0) is 37.3 Å². The van der Waals surface area contributed by atoms with Crippen molar-refractivity contribution in [3.05, 3.63) is 65.9 Å². The van der Waals surface area contributed by atoms with Gasteiger partial charge in [-0.2, -0.15) is 0 Å². The maximum absolute atomic E-state index is 12.3. The van der Waals surface area contributed by atoms with Crippen LogP contribution in [0.25, 0.3) is 11.0 Å². The van der Waals surface area contributed by atoms with E-state index in [4.69, 9.17) is 4.42 Å². The van der Waals surface area contributed by atoms with Crippen LogP contribution in [0, 0.1) is 0 Å². The van der Waals surface area contributed by atoms with Gasteiger partial charge in [-0.25, -0.2) is 4.79 Å². The number of furan rings is 1. The minimum absolute atomic E-state index is 0.121. The van der Waals surface area contributed by atoms with Crippen molar-refractivity contribution in [3.63, 3.8) is 0 Å². The van der Waals surface area contributed by atoms with Crippen LogP contribution in [0.4, 0.5) is 10.5 Å². The second-order valence-electron chi connectivity index (χ2n) is 6.29. The number of anilines is 1. The van der Waals surface area contributed by atoms with Crippen molar-refractivity contribution in [2.24, 2.45) is 0 Å². The Hall–Kier alpha value is -3.28. The zero-order chi connectivity index (χ0) is 18.7. The number of amides is 3. The van der Waals surface area contributed by atoms with Crippen molar-refractivity contribution in [3.8, 4) is 0 Å². The van der Waals surface area contributed by atoms with Gasteiger partial charge in [0.2, 0.25) is 0 Å². The number of nitrogens with zero attached hydrogens (tertiary/aromatic N) is 1. The first-order valence-electron chi connectivity index (χ1n) is 8.32. The van der Waals surface area contributed by atoms with Gasteiger partial charge in [0.25, 0.3) is 5.91 Å². The minimum Gasteiger partial charge on any atom is -0.459 e. The summed E-state index contributed by atoms with van der Waals surface area (Å²) < 4.78 is 5.77. The number of hydrogen-bond acceptors (Lipinski definition) is 3. The topological polar surface area (TPSA) is 74.6 Å². The highest BCUT2D eigenvalue weighted by Gasteiger charge is 2.15. The van der Waals surface area contributed by atoms with E-state index < -0.39 is 0 Å². The summed E-state index contributed by atoms with van der Waals surface area (Å²) in [6.07, 6.45) is 0. The summed E-state index contributed by atoms with van der Waals surface area (Å²) in [6.45, 7) is 1.85. The van der Waals surface area contributed by atoms with Crippen molar-refractivity contribution in [1.82, 2.24) is 10.2 Å². The van der Waals surface area contributed by atoms with Gasteiger partial charge < -0.3 is 20.0 Å². The predicted molar refractivity (Wildman–Crippen MR) is 101 cm³/mol. The molecule has 0 fully saturated rings. The second-order valence-corrected chi connectivity index (χ2v) is 6.29. The fourth-order valence-corrected chi connectivity index (χ4v) is 2.64. The van der Waals surface area contributed by atoms with Gasteiger partial charge in [-0.1, -0.05) is 24.3 Å². The predicted octanol–water partition coefficient (Wildman–Crippen LogP) is 4.02. The lowest BCUT2D eigenvalue weighted by molar-refractivity contribution is 0.0827. The lowest BCUT2D eigenvalue weighted by Crippen LogP contribution is -2.31. The number of hydrogen-bond donors (Lipinski definition) is 2. The van der Waals surface area contributed by atoms with Crippen LogP contribution in [0.15, 0.2) is 59.0 Å². The van der Waals surface area contributed by atoms with Crippen molar-refractivity contribution in [2.75, 3.05) is 19.4 Å². The highest BCUT2D eigenvalue weighted by atomic mass is 16.3. The van der Waals surface area contributed by atoms with Crippen molar-refractivity contribution in [2.45, 2.75) is 13.0 Å². The van der Waals surface area contributed by atoms with Gasteiger partial charge in [-0.3, -0.25) is 4.79 Å². The van der Waals surface area contributed by atoms with Crippen LogP contribution in [0.3, 0.4) is 0 Å². The van der Waals surface area contributed by atoms with E-state index >= 15 is 0 Å². The van der Waals surface area contributed by atoms with E-state index in [9.17, 15) is 9.59 Å². The van der Waals surface area contributed by atoms with Crippen LogP contribution < -0.4 is 10.6 Å². The summed E-state index contributed by atoms with van der Waals surface area (Å²) in [4.78, 5) is 25.8. The molecule has 1 unspecified atom stereocenters. The maximum atomic E-state index is 12.3. The zero-order valence-electron chi connectivity index (χ0n) is 14.9. The SMILES string of the molecule is CC(NC(=O)Nc1cccc(C(=O)N(C)C)c1)c1cc2ccccc2o1. The van der Waals surface area contributed by atoms with E-state index in [2.05, 4.69) is 10.6 Å². The average molecular weight is 351 g/mol. The molecule has 1 aromatic heterocycles. The highest BCUT2D eigenvalue weighted by molar-refractivity contribution is 5.96. The molecule has 0 saturated heterocycles. The Labute approximate surface area is 151 Å². The summed E-state index contributed by atoms with van der Waals surface area (Å²) in [5.41, 5.74) is 1.84. The number of nitrogens with one attached hydrogen (secondary N) is 2. The quantitative estimate of drug-likeness (QED) is 0.745. The van der Waals surface area contributed by atoms with Gasteiger partial charge >= 0.3 is 6.03 Å². The number of urea groups is 1. The molecular formula is C20H21N3O3. The van der Waals surface area contributed by atoms with Gasteiger partial charge in [0.15, 0.2) is 0 Å². The molecule has 0 radical (unpaired) electrons. The molecule has 0 bridgehead atoms. The number of carbonyl (C=O) groups is 2. The molecule has 134 valence electrons. The summed E-state index contributed by atoms with van der Waals surface area (Å²) in [5, 5.41) is 6.58. The molecule has 3 rings (SSSR count). The van der Waals surface area contributed by atoms with Crippen LogP contribution in [0.1, 0.15) is 29.1 Å². The van der Waals surface area contributed by atoms with Gasteiger partial charge in [0.05, 0.1) is 6.04 Å². The van der Waals surface area contributed by atoms with Crippen molar-refractivity contribution in [1.29, 1.82) is 0 Å². The first kappa shape index (κ1) is 17.5. The summed E-state index contributed by atoms with van der Waals surface area (Å²) in [5.74, 6) is 0.558. The lowest BCUT2D eigenvalue weighted by atomic mass is 10.2. The normalized spacial score (nSPS) is 11.8. The monoisotopic (exact) mass is 351 g/mol. The minimum atomic E-state index is -0.368. The highest BCUT2D eigenvalue weighted by Crippen LogP contribution is 2.23. The number of carbonyl (C=O) groups excluding carboxylic acids is 2. The number of rotatable bonds is 4. The summed E-state index contributed by atoms with van der Waals surface area (Å²) in [6, 6.07) is 15.8. The van der Waals surface area contributed by atoms with Crippen molar-refractivity contribution >= 4 is 28.6 Å². The molecule has 1 heterocycles. The fraction of sp³-hybridized carbons (Fsp3) is 0.200. The van der Waals surface area contributed by atoms with Crippen LogP contribution in [0.2, 0.25) is 0 Å². The maximum Gasteiger partial charge on any atom is 0.319 e. The molecule has 1 atom stereocenters. The van der Waals surface area contributed by atoms with E-state index in [1.165, 1.54) is 4.90 Å². The van der Waals surface area contributed by atoms with Crippen LogP contribution in [0.5, 0.6) is 0 Å². The Morgan fingerprint density at radius 2 is 1.81 bits per heavy atom. The molecule has 0 aliphatic carbocycles. The standard InChI is InChI=1S/C20H21N3O3/c1-13(18-12-14-7-4-5-10-17(14)26-18)21-20(25)22-16-9-6-8-15(11-16)19(24)23(2)3/h4-13H,1-3H3,(H2,21,22,25). The Balaban J connectivity index is 1.66. The van der Waals surface area contributed by atoms with Crippen molar-refractivity contribution < 1.29 is 14.0 Å². The fourth-order valence-electron chi connectivity index (χ4n) is 2.64. The summed E-state index contributed by atoms with van der Waals surface area (Å²) >= 11 is 0. The molecule has 6 heteroatoms. The molecule has 2 aromatic carbocycles. The van der Waals surface area contributed by atoms with E-state index in [0.717, 1.165) is 11.0 Å². The molecule has 6 nitrogen and oxygen atoms in total. The number of benzene rings is 2. The smallest absolute Gasteiger partial charge is 0.319 e. The molecule has 0 aliphatic heterocycles. The molecule has 3 aromatic rings. The Bertz CT molecular complexity index is 913. The van der Waals surface area contributed by atoms with Gasteiger partial charge in [-0.15, -0.1) is 0 Å². The molecule has 3 amide bonds. The summed E-state index contributed by atoms with van der Waals surface area (Å²) in [7, 11) is 3.37. The average Bonchev–Trinajstić information content (AvgIpc) is 3.05. The Morgan fingerprint density at radius 3 is 2.54 bits per heavy atom. The second kappa shape index (κ2) is 7.31. The zero-order valence-corrected chi connectivity index (χ0v) is 14.9. The molecule has 0 saturated carbocycles. The number of para-hydroxylation sites is 1. The molecule has 0 spiro atoms. The van der Waals surface area contributed by atoms with E-state index in [1.807, 2.05) is 37.3 Å². The Kier molecular flexibility index (Phi) is 4.93. The lowest BCUT2D eigenvalue weighted by Gasteiger charge is -2.14. The largest absolute Gasteiger partial charge is 0.459 e. The third-order valence-electron chi connectivity index (χ3n) is 3.99. The molecule has 2 N–H and O–H groups in total. The molecule has 0 aliphatic rings. The Morgan fingerprint density at radius 1 is 1.04 bits per heavy atom. The van der Waals surface area contributed by atoms with Gasteiger partial charge in [0.1, 0.15) is 11.3 Å². The third-order valence-corrected chi connectivity index (χ3v) is 3.99. The van der Waals surface area contributed by atoms with E-state index in [0.29, 0.717) is 17.0 Å². The molecular weight excluding hydrogens is 330 g/mol. The van der Waals surface area contributed by atoms with Crippen LogP contribution in [-0.4, -0.2) is 30.9 Å². The van der Waals surface area contributed by atoms with Gasteiger partial charge in [0, 0.05) is 30.7 Å². The number of fused-ring (bicyclic) bond motifs is 1.